The summed E-state index contributed by atoms with van der Waals surface area (Å²) in [6, 6.07) is 2.12. The van der Waals surface area contributed by atoms with Gasteiger partial charge < -0.3 is 4.90 Å². The molecule has 0 saturated carbocycles. The highest BCUT2D eigenvalue weighted by Gasteiger charge is 2.45. The van der Waals surface area contributed by atoms with Gasteiger partial charge in [-0.2, -0.15) is 0 Å². The molecule has 0 N–H and O–H groups in total. The molecule has 1 unspecified atom stereocenters. The van der Waals surface area contributed by atoms with E-state index in [9.17, 15) is 4.21 Å². The van der Waals surface area contributed by atoms with Crippen molar-refractivity contribution in [3.63, 3.8) is 0 Å². The Morgan fingerprint density at radius 3 is 2.55 bits per heavy atom. The van der Waals surface area contributed by atoms with Crippen LogP contribution in [0.15, 0.2) is 18.5 Å². The molecule has 2 aliphatic heterocycles. The second-order valence-electron chi connectivity index (χ2n) is 5.44. The summed E-state index contributed by atoms with van der Waals surface area (Å²) in [5.41, 5.74) is 2.61. The van der Waals surface area contributed by atoms with Crippen LogP contribution < -0.4 is 4.31 Å². The third-order valence-corrected chi connectivity index (χ3v) is 5.29. The summed E-state index contributed by atoms with van der Waals surface area (Å²) in [5.74, 6) is 0. The number of pyridine rings is 1. The van der Waals surface area contributed by atoms with Crippen LogP contribution in [0.2, 0.25) is 0 Å². The largest absolute Gasteiger partial charge is 0.306 e. The van der Waals surface area contributed by atoms with E-state index in [-0.39, 0.29) is 5.41 Å². The molecule has 1 saturated heterocycles. The van der Waals surface area contributed by atoms with E-state index in [0.29, 0.717) is 0 Å². The molecule has 0 aromatic carbocycles. The van der Waals surface area contributed by atoms with Crippen LogP contribution >= 0.6 is 0 Å². The van der Waals surface area contributed by atoms with Crippen LogP contribution in [-0.2, 0) is 16.4 Å². The van der Waals surface area contributed by atoms with Crippen LogP contribution in [0.5, 0.6) is 0 Å². The zero-order valence-electron chi connectivity index (χ0n) is 12.9. The molecule has 3 heterocycles. The van der Waals surface area contributed by atoms with Crippen LogP contribution in [0.3, 0.4) is 0 Å². The molecule has 1 spiro atoms. The van der Waals surface area contributed by atoms with Crippen LogP contribution in [0.1, 0.15) is 32.3 Å². The molecule has 0 amide bonds. The number of nitrogens with zero attached hydrogens (tertiary/aromatic N) is 3. The molecule has 112 valence electrons. The van der Waals surface area contributed by atoms with Crippen LogP contribution in [-0.4, -0.2) is 47.0 Å². The zero-order valence-corrected chi connectivity index (χ0v) is 13.7. The molecule has 0 bridgehead atoms. The molecule has 20 heavy (non-hydrogen) atoms. The van der Waals surface area contributed by atoms with E-state index in [1.807, 2.05) is 30.5 Å². The molecular weight excluding hydrogens is 270 g/mol. The van der Waals surface area contributed by atoms with Gasteiger partial charge >= 0.3 is 0 Å². The first-order valence-electron chi connectivity index (χ1n) is 7.36. The summed E-state index contributed by atoms with van der Waals surface area (Å²) < 4.78 is 13.9. The van der Waals surface area contributed by atoms with E-state index in [1.165, 1.54) is 5.56 Å². The summed E-state index contributed by atoms with van der Waals surface area (Å²) >= 11 is 0. The minimum absolute atomic E-state index is 0.191. The zero-order chi connectivity index (χ0) is 14.8. The Balaban J connectivity index is 0.000000704. The fourth-order valence-electron chi connectivity index (χ4n) is 3.18. The number of anilines is 1. The Labute approximate surface area is 124 Å². The topological polar surface area (TPSA) is 36.4 Å². The lowest BCUT2D eigenvalue weighted by Crippen LogP contribution is -2.43. The summed E-state index contributed by atoms with van der Waals surface area (Å²) in [5, 5.41) is 0. The van der Waals surface area contributed by atoms with Crippen molar-refractivity contribution in [3.8, 4) is 0 Å². The number of fused-ring (bicyclic) bond motifs is 2. The molecule has 1 fully saturated rings. The molecule has 1 atom stereocenters. The first-order chi connectivity index (χ1) is 9.62. The Morgan fingerprint density at radius 1 is 1.30 bits per heavy atom. The van der Waals surface area contributed by atoms with Crippen LogP contribution in [0, 0.1) is 0 Å². The number of rotatable bonds is 1. The number of aromatic nitrogens is 1. The Kier molecular flexibility index (Phi) is 4.81. The molecule has 2 aliphatic rings. The Bertz CT molecular complexity index is 484. The van der Waals surface area contributed by atoms with Crippen molar-refractivity contribution in [3.05, 3.63) is 24.0 Å². The molecule has 0 aliphatic carbocycles. The predicted molar refractivity (Wildman–Crippen MR) is 85.4 cm³/mol. The fraction of sp³-hybridized carbons (Fsp3) is 0.667. The lowest BCUT2D eigenvalue weighted by molar-refractivity contribution is 0.198. The monoisotopic (exact) mass is 295 g/mol. The predicted octanol–water partition coefficient (Wildman–Crippen LogP) is 2.18. The minimum atomic E-state index is -0.959. The first kappa shape index (κ1) is 15.4. The Hall–Kier alpha value is -0.940. The summed E-state index contributed by atoms with van der Waals surface area (Å²) in [7, 11) is 1.21. The van der Waals surface area contributed by atoms with E-state index in [2.05, 4.69) is 23.0 Å². The maximum Gasteiger partial charge on any atom is 0.116 e. The maximum absolute atomic E-state index is 11.9. The molecule has 1 aromatic heterocycles. The van der Waals surface area contributed by atoms with Crippen molar-refractivity contribution in [1.82, 2.24) is 9.88 Å². The fourth-order valence-corrected chi connectivity index (χ4v) is 4.03. The first-order valence-corrected chi connectivity index (χ1v) is 8.88. The number of likely N-dealkylation sites (tertiary alicyclic amines) is 1. The van der Waals surface area contributed by atoms with Gasteiger partial charge in [0.05, 0.1) is 11.9 Å². The van der Waals surface area contributed by atoms with Gasteiger partial charge in [0.1, 0.15) is 11.0 Å². The van der Waals surface area contributed by atoms with Crippen LogP contribution in [0.25, 0.3) is 0 Å². The second kappa shape index (κ2) is 6.22. The Morgan fingerprint density at radius 2 is 1.95 bits per heavy atom. The van der Waals surface area contributed by atoms with Crippen LogP contribution in [0.4, 0.5) is 5.69 Å². The van der Waals surface area contributed by atoms with Crippen molar-refractivity contribution in [2.75, 3.05) is 37.2 Å². The van der Waals surface area contributed by atoms with Crippen molar-refractivity contribution >= 4 is 16.7 Å². The summed E-state index contributed by atoms with van der Waals surface area (Å²) in [6.45, 7) is 7.11. The third kappa shape index (κ3) is 2.61. The van der Waals surface area contributed by atoms with E-state index < -0.39 is 11.0 Å². The molecule has 0 radical (unpaired) electrons. The lowest BCUT2D eigenvalue weighted by atomic mass is 9.75. The number of piperidine rings is 1. The minimum Gasteiger partial charge on any atom is -0.306 e. The highest BCUT2D eigenvalue weighted by Crippen LogP contribution is 2.46. The van der Waals surface area contributed by atoms with Gasteiger partial charge in [0.15, 0.2) is 0 Å². The van der Waals surface area contributed by atoms with Crippen molar-refractivity contribution in [2.24, 2.45) is 0 Å². The highest BCUT2D eigenvalue weighted by molar-refractivity contribution is 7.85. The van der Waals surface area contributed by atoms with Gasteiger partial charge in [0.25, 0.3) is 0 Å². The average molecular weight is 295 g/mol. The highest BCUT2D eigenvalue weighted by atomic mass is 32.2. The van der Waals surface area contributed by atoms with Crippen molar-refractivity contribution in [2.45, 2.75) is 32.1 Å². The van der Waals surface area contributed by atoms with Gasteiger partial charge in [-0.25, -0.2) is 4.21 Å². The standard InChI is InChI=1S/C13H19N3OS.C2H6/c1-15-7-4-13(5-8-15)10-16(18(2)17)12-9-14-6-3-11(12)13;1-2/h3,6,9H,4-5,7-8,10H2,1-2H3;1-2H3. The van der Waals surface area contributed by atoms with Gasteiger partial charge in [-0.15, -0.1) is 0 Å². The smallest absolute Gasteiger partial charge is 0.116 e. The van der Waals surface area contributed by atoms with E-state index >= 15 is 0 Å². The normalized spacial score (nSPS) is 22.1. The number of hydrogen-bond donors (Lipinski definition) is 0. The van der Waals surface area contributed by atoms with Gasteiger partial charge in [-0.3, -0.25) is 9.29 Å². The van der Waals surface area contributed by atoms with E-state index in [0.717, 1.165) is 38.2 Å². The lowest BCUT2D eigenvalue weighted by Gasteiger charge is -2.38. The average Bonchev–Trinajstić information content (AvgIpc) is 2.80. The molecular formula is C15H25N3OS. The van der Waals surface area contributed by atoms with Gasteiger partial charge in [-0.1, -0.05) is 13.8 Å². The van der Waals surface area contributed by atoms with Crippen molar-refractivity contribution in [1.29, 1.82) is 0 Å². The SMILES string of the molecule is CC.CN1CCC2(CC1)CN(S(C)=O)c1cnccc12. The van der Waals surface area contributed by atoms with Gasteiger partial charge in [0.2, 0.25) is 0 Å². The molecule has 4 nitrogen and oxygen atoms in total. The van der Waals surface area contributed by atoms with E-state index in [1.54, 1.807) is 6.26 Å². The summed E-state index contributed by atoms with van der Waals surface area (Å²) in [6.07, 6.45) is 7.78. The number of hydrogen-bond acceptors (Lipinski definition) is 3. The van der Waals surface area contributed by atoms with Gasteiger partial charge in [0, 0.05) is 24.4 Å². The molecule has 1 aromatic rings. The third-order valence-electron chi connectivity index (χ3n) is 4.34. The quantitative estimate of drug-likeness (QED) is 0.797. The second-order valence-corrected chi connectivity index (χ2v) is 6.73. The summed E-state index contributed by atoms with van der Waals surface area (Å²) in [4.78, 5) is 6.57. The molecule has 3 rings (SSSR count). The van der Waals surface area contributed by atoms with Crippen molar-refractivity contribution < 1.29 is 4.21 Å². The maximum atomic E-state index is 11.9. The molecule has 5 heteroatoms. The van der Waals surface area contributed by atoms with E-state index in [4.69, 9.17) is 0 Å². The van der Waals surface area contributed by atoms with Gasteiger partial charge in [-0.05, 0) is 44.6 Å².